The number of allylic oxidation sites excluding steroid dienone is 2. The Hall–Kier alpha value is -1.77. The molecule has 0 aromatic heterocycles. The highest BCUT2D eigenvalue weighted by Gasteiger charge is 2.54. The second-order valence-corrected chi connectivity index (χ2v) is 23.7. The quantitative estimate of drug-likeness (QED) is 0.144. The molecule has 0 spiro atoms. The summed E-state index contributed by atoms with van der Waals surface area (Å²) in [5.74, 6) is 0.337. The van der Waals surface area contributed by atoms with Crippen LogP contribution in [0, 0.1) is 5.92 Å². The van der Waals surface area contributed by atoms with E-state index in [2.05, 4.69) is 149 Å². The Morgan fingerprint density at radius 2 is 1.43 bits per heavy atom. The lowest BCUT2D eigenvalue weighted by Gasteiger charge is -2.43. The summed E-state index contributed by atoms with van der Waals surface area (Å²) in [7, 11) is -4.33. The maximum absolute atomic E-state index is 7.16. The lowest BCUT2D eigenvalue weighted by atomic mass is 9.94. The second-order valence-electron chi connectivity index (χ2n) is 14.6. The van der Waals surface area contributed by atoms with Gasteiger partial charge in [-0.05, 0) is 65.3 Å². The molecule has 220 valence electrons. The normalized spacial score (nSPS) is 21.3. The summed E-state index contributed by atoms with van der Waals surface area (Å²) in [5.41, 5.74) is 2.08. The minimum absolute atomic E-state index is 0.0255. The van der Waals surface area contributed by atoms with Gasteiger partial charge in [-0.2, -0.15) is 0 Å². The predicted molar refractivity (Wildman–Crippen MR) is 177 cm³/mol. The van der Waals surface area contributed by atoms with Crippen LogP contribution < -0.4 is 10.4 Å². The Labute approximate surface area is 247 Å². The van der Waals surface area contributed by atoms with Crippen LogP contribution in [0.5, 0.6) is 0 Å². The summed E-state index contributed by atoms with van der Waals surface area (Å²) in [4.78, 5) is 0. The molecule has 0 bridgehead atoms. The van der Waals surface area contributed by atoms with Crippen LogP contribution in [-0.4, -0.2) is 41.6 Å². The van der Waals surface area contributed by atoms with Gasteiger partial charge in [-0.3, -0.25) is 0 Å². The van der Waals surface area contributed by atoms with E-state index in [0.717, 1.165) is 12.0 Å². The first-order valence-electron chi connectivity index (χ1n) is 14.9. The first-order valence-corrected chi connectivity index (χ1v) is 19.7. The van der Waals surface area contributed by atoms with Crippen molar-refractivity contribution in [2.45, 2.75) is 104 Å². The van der Waals surface area contributed by atoms with Crippen LogP contribution in [-0.2, 0) is 13.6 Å². The molecular formula is C35H54O3Si2. The van der Waals surface area contributed by atoms with Crippen molar-refractivity contribution in [3.8, 4) is 0 Å². The van der Waals surface area contributed by atoms with Gasteiger partial charge in [0.1, 0.15) is 11.7 Å². The highest BCUT2D eigenvalue weighted by molar-refractivity contribution is 6.99. The van der Waals surface area contributed by atoms with Gasteiger partial charge < -0.3 is 13.6 Å². The lowest BCUT2D eigenvalue weighted by Crippen LogP contribution is -2.66. The van der Waals surface area contributed by atoms with Crippen LogP contribution in [0.4, 0.5) is 0 Å². The zero-order valence-electron chi connectivity index (χ0n) is 27.1. The molecule has 0 saturated carbocycles. The van der Waals surface area contributed by atoms with Crippen molar-refractivity contribution in [2.24, 2.45) is 5.92 Å². The van der Waals surface area contributed by atoms with Crippen LogP contribution >= 0.6 is 0 Å². The molecule has 1 heterocycles. The van der Waals surface area contributed by atoms with Gasteiger partial charge in [-0.15, -0.1) is 0 Å². The number of rotatable bonds is 12. The highest BCUT2D eigenvalue weighted by atomic mass is 28.4. The number of hydrogen-bond donors (Lipinski definition) is 0. The van der Waals surface area contributed by atoms with Crippen LogP contribution in [0.1, 0.15) is 68.7 Å². The summed E-state index contributed by atoms with van der Waals surface area (Å²) < 4.78 is 19.8. The van der Waals surface area contributed by atoms with Crippen molar-refractivity contribution in [3.05, 3.63) is 84.5 Å². The van der Waals surface area contributed by atoms with E-state index in [-0.39, 0.29) is 21.8 Å². The van der Waals surface area contributed by atoms with E-state index >= 15 is 0 Å². The minimum Gasteiger partial charge on any atom is -0.414 e. The average Bonchev–Trinajstić information content (AvgIpc) is 3.54. The van der Waals surface area contributed by atoms with Crippen molar-refractivity contribution in [1.29, 1.82) is 0 Å². The van der Waals surface area contributed by atoms with Gasteiger partial charge in [0.25, 0.3) is 8.32 Å². The standard InChI is InChI=1S/C35H54O3Si2/c1-27(24-29(3)35(10)32(38-35)26-36-39(11,12)33(4,5)6)23-28(2)25-37-40(34(7,8)9,30-19-15-13-16-20-30)31-21-17-14-18-22-31/h13-22,24,28,32H,1,23,25-26H2,2-12H3/b29-24+/t28-,32-,35+/m1/s1. The first kappa shape index (κ1) is 32.7. The summed E-state index contributed by atoms with van der Waals surface area (Å²) in [5, 5.41) is 2.81. The molecule has 0 radical (unpaired) electrons. The zero-order chi connectivity index (χ0) is 30.0. The molecule has 0 amide bonds. The number of hydrogen-bond acceptors (Lipinski definition) is 3. The van der Waals surface area contributed by atoms with Gasteiger partial charge in [0.15, 0.2) is 8.32 Å². The molecule has 2 aromatic rings. The Balaban J connectivity index is 1.68. The second kappa shape index (κ2) is 12.2. The molecule has 1 saturated heterocycles. The molecule has 3 rings (SSSR count). The Morgan fingerprint density at radius 3 is 1.88 bits per heavy atom. The Kier molecular flexibility index (Phi) is 10.0. The van der Waals surface area contributed by atoms with Gasteiger partial charge in [-0.1, -0.05) is 127 Å². The topological polar surface area (TPSA) is 31.0 Å². The SMILES string of the molecule is C=C(/C=C(\C)[C@]1(C)O[C@@H]1CO[Si](C)(C)C(C)(C)C)C[C@@H](C)CO[Si](c1ccccc1)(c1ccccc1)C(C)(C)C. The third-order valence-electron chi connectivity index (χ3n) is 9.16. The van der Waals surface area contributed by atoms with E-state index in [0.29, 0.717) is 19.1 Å². The molecule has 0 aliphatic carbocycles. The molecule has 3 nitrogen and oxygen atoms in total. The van der Waals surface area contributed by atoms with Crippen molar-refractivity contribution >= 4 is 27.0 Å². The third-order valence-corrected chi connectivity index (χ3v) is 18.7. The molecule has 0 unspecified atom stereocenters. The molecule has 5 heteroatoms. The highest BCUT2D eigenvalue weighted by Crippen LogP contribution is 2.45. The van der Waals surface area contributed by atoms with E-state index in [1.54, 1.807) is 0 Å². The summed E-state index contributed by atoms with van der Waals surface area (Å²) in [6.45, 7) is 30.8. The van der Waals surface area contributed by atoms with E-state index in [4.69, 9.17) is 13.6 Å². The van der Waals surface area contributed by atoms with Crippen LogP contribution in [0.15, 0.2) is 84.5 Å². The fourth-order valence-corrected chi connectivity index (χ4v) is 11.0. The Bertz CT molecular complexity index is 1120. The maximum atomic E-state index is 7.16. The van der Waals surface area contributed by atoms with Crippen molar-refractivity contribution in [2.75, 3.05) is 13.2 Å². The summed E-state index contributed by atoms with van der Waals surface area (Å²) in [6, 6.07) is 21.7. The van der Waals surface area contributed by atoms with Gasteiger partial charge in [0.05, 0.1) is 6.61 Å². The first-order chi connectivity index (χ1) is 18.4. The Morgan fingerprint density at radius 1 is 0.925 bits per heavy atom. The lowest BCUT2D eigenvalue weighted by molar-refractivity contribution is 0.239. The maximum Gasteiger partial charge on any atom is 0.261 e. The van der Waals surface area contributed by atoms with E-state index in [1.165, 1.54) is 15.9 Å². The average molecular weight is 579 g/mol. The predicted octanol–water partition coefficient (Wildman–Crippen LogP) is 8.27. The molecule has 2 aromatic carbocycles. The number of epoxide rings is 1. The fraction of sp³-hybridized carbons (Fsp3) is 0.543. The van der Waals surface area contributed by atoms with E-state index < -0.39 is 16.6 Å². The molecule has 1 fully saturated rings. The number of benzene rings is 2. The molecular weight excluding hydrogens is 525 g/mol. The number of ether oxygens (including phenoxy) is 1. The molecule has 40 heavy (non-hydrogen) atoms. The van der Waals surface area contributed by atoms with Gasteiger partial charge in [0, 0.05) is 6.61 Å². The van der Waals surface area contributed by atoms with E-state index in [1.807, 2.05) is 0 Å². The molecule has 1 aliphatic rings. The minimum atomic E-state index is -2.54. The zero-order valence-corrected chi connectivity index (χ0v) is 29.1. The van der Waals surface area contributed by atoms with E-state index in [9.17, 15) is 0 Å². The van der Waals surface area contributed by atoms with Crippen LogP contribution in [0.2, 0.25) is 23.2 Å². The van der Waals surface area contributed by atoms with Crippen LogP contribution in [0.25, 0.3) is 0 Å². The van der Waals surface area contributed by atoms with Crippen molar-refractivity contribution in [1.82, 2.24) is 0 Å². The van der Waals surface area contributed by atoms with Gasteiger partial charge in [0.2, 0.25) is 0 Å². The van der Waals surface area contributed by atoms with Gasteiger partial charge >= 0.3 is 0 Å². The third kappa shape index (κ3) is 7.16. The van der Waals surface area contributed by atoms with Crippen LogP contribution in [0.3, 0.4) is 0 Å². The fourth-order valence-electron chi connectivity index (χ4n) is 5.35. The summed E-state index contributed by atoms with van der Waals surface area (Å²) in [6.07, 6.45) is 3.23. The molecule has 3 atom stereocenters. The van der Waals surface area contributed by atoms with Crippen molar-refractivity contribution in [3.63, 3.8) is 0 Å². The molecule has 1 aliphatic heterocycles. The monoisotopic (exact) mass is 578 g/mol. The summed E-state index contributed by atoms with van der Waals surface area (Å²) >= 11 is 0. The smallest absolute Gasteiger partial charge is 0.261 e. The van der Waals surface area contributed by atoms with Crippen molar-refractivity contribution < 1.29 is 13.6 Å². The molecule has 0 N–H and O–H groups in total. The largest absolute Gasteiger partial charge is 0.414 e. The van der Waals surface area contributed by atoms with Gasteiger partial charge in [-0.25, -0.2) is 0 Å².